The molecule has 0 radical (unpaired) electrons. The fourth-order valence-corrected chi connectivity index (χ4v) is 6.08. The van der Waals surface area contributed by atoms with Gasteiger partial charge in [-0.1, -0.05) is 36.4 Å². The van der Waals surface area contributed by atoms with Crippen molar-refractivity contribution in [3.63, 3.8) is 0 Å². The van der Waals surface area contributed by atoms with E-state index >= 15 is 0 Å². The van der Waals surface area contributed by atoms with Gasteiger partial charge in [0.25, 0.3) is 0 Å². The highest BCUT2D eigenvalue weighted by atomic mass is 32.2. The van der Waals surface area contributed by atoms with Crippen LogP contribution in [0.4, 0.5) is 0 Å². The molecule has 0 spiro atoms. The molecule has 0 unspecified atom stereocenters. The van der Waals surface area contributed by atoms with E-state index in [0.29, 0.717) is 31.0 Å². The lowest BCUT2D eigenvalue weighted by Gasteiger charge is -2.31. The summed E-state index contributed by atoms with van der Waals surface area (Å²) in [5.74, 6) is 2.77. The fourth-order valence-electron chi connectivity index (χ4n) is 4.66. The maximum atomic E-state index is 11.6. The average Bonchev–Trinajstić information content (AvgIpc) is 3.03. The van der Waals surface area contributed by atoms with Gasteiger partial charge in [0, 0.05) is 22.3 Å². The van der Waals surface area contributed by atoms with Crippen LogP contribution in [0.5, 0.6) is 11.5 Å². The van der Waals surface area contributed by atoms with E-state index < -0.39 is 16.4 Å². The van der Waals surface area contributed by atoms with Crippen LogP contribution in [0.25, 0.3) is 11.1 Å². The number of hydrogen-bond donors (Lipinski definition) is 1. The molecule has 3 aromatic rings. The second-order valence-electron chi connectivity index (χ2n) is 9.13. The van der Waals surface area contributed by atoms with Gasteiger partial charge in [0.2, 0.25) is 0 Å². The molecule has 1 fully saturated rings. The average molecular weight is 463 g/mol. The Labute approximate surface area is 198 Å². The molecular formula is C28H30O4S. The number of fused-ring (bicyclic) bond motifs is 3. The largest absolute Gasteiger partial charge is 0.491 e. The van der Waals surface area contributed by atoms with Crippen molar-refractivity contribution in [1.29, 1.82) is 0 Å². The van der Waals surface area contributed by atoms with E-state index in [4.69, 9.17) is 9.47 Å². The molecule has 0 atom stereocenters. The minimum atomic E-state index is -0.874. The zero-order valence-electron chi connectivity index (χ0n) is 18.8. The van der Waals surface area contributed by atoms with Gasteiger partial charge in [-0.25, -0.2) is 0 Å². The normalized spacial score (nSPS) is 22.0. The topological polar surface area (TPSA) is 55.8 Å². The molecule has 4 nitrogen and oxygen atoms in total. The van der Waals surface area contributed by atoms with Gasteiger partial charge in [-0.2, -0.15) is 0 Å². The van der Waals surface area contributed by atoms with Gasteiger partial charge >= 0.3 is 0 Å². The van der Waals surface area contributed by atoms with E-state index in [9.17, 15) is 9.32 Å². The Morgan fingerprint density at radius 1 is 0.818 bits per heavy atom. The Kier molecular flexibility index (Phi) is 6.52. The molecule has 1 aliphatic heterocycles. The first-order valence-corrected chi connectivity index (χ1v) is 13.2. The van der Waals surface area contributed by atoms with E-state index in [1.54, 1.807) is 0 Å². The lowest BCUT2D eigenvalue weighted by molar-refractivity contribution is -0.0122. The van der Waals surface area contributed by atoms with Crippen molar-refractivity contribution in [2.75, 3.05) is 18.1 Å². The van der Waals surface area contributed by atoms with E-state index in [1.165, 1.54) is 22.3 Å². The molecule has 33 heavy (non-hydrogen) atoms. The smallest absolute Gasteiger partial charge is 0.119 e. The van der Waals surface area contributed by atoms with Crippen LogP contribution in [-0.2, 0) is 30.2 Å². The fraction of sp³-hybridized carbons (Fsp3) is 0.357. The molecule has 0 saturated carbocycles. The molecule has 0 bridgehead atoms. The first-order valence-electron chi connectivity index (χ1n) is 11.7. The molecule has 1 aliphatic carbocycles. The summed E-state index contributed by atoms with van der Waals surface area (Å²) in [4.78, 5) is 0. The summed E-state index contributed by atoms with van der Waals surface area (Å²) in [6.45, 7) is 0.789. The van der Waals surface area contributed by atoms with Crippen LogP contribution in [0.1, 0.15) is 36.0 Å². The third kappa shape index (κ3) is 5.31. The first-order chi connectivity index (χ1) is 16.1. The second kappa shape index (κ2) is 9.70. The molecule has 3 aromatic carbocycles. The van der Waals surface area contributed by atoms with Gasteiger partial charge in [0.05, 0.1) is 0 Å². The van der Waals surface area contributed by atoms with Crippen molar-refractivity contribution in [2.24, 2.45) is 0 Å². The third-order valence-electron chi connectivity index (χ3n) is 6.68. The number of aliphatic hydroxyl groups is 1. The molecule has 1 heterocycles. The summed E-state index contributed by atoms with van der Waals surface area (Å²) in [6.07, 6.45) is 4.22. The van der Waals surface area contributed by atoms with Crippen molar-refractivity contribution in [3.05, 3.63) is 83.4 Å². The number of rotatable bonds is 6. The SMILES string of the molecule is O=S1CCC(O)(COc2ccc3c(c2)CCCc2ccc(COc4ccccc4)cc2-3)CC1. The number of benzene rings is 3. The predicted octanol–water partition coefficient (Wildman–Crippen LogP) is 5.07. The molecule has 0 aromatic heterocycles. The molecule has 1 N–H and O–H groups in total. The van der Waals surface area contributed by atoms with Gasteiger partial charge < -0.3 is 14.6 Å². The van der Waals surface area contributed by atoms with Crippen molar-refractivity contribution in [2.45, 2.75) is 44.3 Å². The summed E-state index contributed by atoms with van der Waals surface area (Å²) in [5.41, 5.74) is 5.46. The zero-order chi connectivity index (χ0) is 22.7. The van der Waals surface area contributed by atoms with Crippen molar-refractivity contribution >= 4 is 10.8 Å². The first kappa shape index (κ1) is 22.2. The van der Waals surface area contributed by atoms with Gasteiger partial charge in [-0.3, -0.25) is 4.21 Å². The van der Waals surface area contributed by atoms with Crippen LogP contribution in [0.15, 0.2) is 66.7 Å². The van der Waals surface area contributed by atoms with E-state index in [0.717, 1.165) is 36.3 Å². The standard InChI is InChI=1S/C28H30O4S/c29-28(13-15-33(30)16-14-28)20-32-25-11-12-26-23(18-25)6-4-5-22-10-9-21(17-27(22)26)19-31-24-7-2-1-3-8-24/h1-3,7-12,17-18,29H,4-6,13-16,19-20H2. The summed E-state index contributed by atoms with van der Waals surface area (Å²) in [6, 6.07) is 22.8. The molecule has 5 rings (SSSR count). The lowest BCUT2D eigenvalue weighted by Crippen LogP contribution is -2.42. The van der Waals surface area contributed by atoms with Crippen molar-refractivity contribution < 1.29 is 18.8 Å². The summed E-state index contributed by atoms with van der Waals surface area (Å²) >= 11 is 0. The maximum absolute atomic E-state index is 11.6. The molecule has 2 aliphatic rings. The maximum Gasteiger partial charge on any atom is 0.119 e. The van der Waals surface area contributed by atoms with Crippen LogP contribution < -0.4 is 9.47 Å². The van der Waals surface area contributed by atoms with Gasteiger partial charge in [-0.15, -0.1) is 0 Å². The van der Waals surface area contributed by atoms with E-state index in [-0.39, 0.29) is 6.61 Å². The Hall–Kier alpha value is -2.63. The van der Waals surface area contributed by atoms with E-state index in [2.05, 4.69) is 30.3 Å². The Morgan fingerprint density at radius 2 is 1.61 bits per heavy atom. The quantitative estimate of drug-likeness (QED) is 0.555. The second-order valence-corrected chi connectivity index (χ2v) is 10.8. The zero-order valence-corrected chi connectivity index (χ0v) is 19.6. The van der Waals surface area contributed by atoms with Crippen LogP contribution in [0.3, 0.4) is 0 Å². The summed E-state index contributed by atoms with van der Waals surface area (Å²) < 4.78 is 23.6. The highest BCUT2D eigenvalue weighted by molar-refractivity contribution is 7.85. The van der Waals surface area contributed by atoms with Gasteiger partial charge in [0.1, 0.15) is 30.3 Å². The summed E-state index contributed by atoms with van der Waals surface area (Å²) in [7, 11) is -0.799. The summed E-state index contributed by atoms with van der Waals surface area (Å²) in [5, 5.41) is 10.8. The molecule has 0 amide bonds. The predicted molar refractivity (Wildman–Crippen MR) is 132 cm³/mol. The molecule has 5 heteroatoms. The number of para-hydroxylation sites is 1. The minimum absolute atomic E-state index is 0.251. The Balaban J connectivity index is 1.32. The van der Waals surface area contributed by atoms with Crippen LogP contribution >= 0.6 is 0 Å². The lowest BCUT2D eigenvalue weighted by atomic mass is 9.94. The highest BCUT2D eigenvalue weighted by Crippen LogP contribution is 2.36. The monoisotopic (exact) mass is 462 g/mol. The number of aryl methyl sites for hydroxylation is 2. The Bertz CT molecular complexity index is 1130. The molecular weight excluding hydrogens is 432 g/mol. The van der Waals surface area contributed by atoms with E-state index in [1.807, 2.05) is 36.4 Å². The van der Waals surface area contributed by atoms with Crippen molar-refractivity contribution in [1.82, 2.24) is 0 Å². The highest BCUT2D eigenvalue weighted by Gasteiger charge is 2.33. The van der Waals surface area contributed by atoms with Crippen molar-refractivity contribution in [3.8, 4) is 22.6 Å². The third-order valence-corrected chi connectivity index (χ3v) is 8.00. The molecule has 172 valence electrons. The van der Waals surface area contributed by atoms with Crippen LogP contribution in [-0.4, -0.2) is 33.0 Å². The molecule has 1 saturated heterocycles. The van der Waals surface area contributed by atoms with Crippen LogP contribution in [0.2, 0.25) is 0 Å². The number of hydrogen-bond acceptors (Lipinski definition) is 4. The van der Waals surface area contributed by atoms with Crippen LogP contribution in [0, 0.1) is 0 Å². The van der Waals surface area contributed by atoms with Gasteiger partial charge in [-0.05, 0) is 90.3 Å². The van der Waals surface area contributed by atoms with Gasteiger partial charge in [0.15, 0.2) is 0 Å². The minimum Gasteiger partial charge on any atom is -0.491 e. The number of ether oxygens (including phenoxy) is 2. The Morgan fingerprint density at radius 3 is 2.42 bits per heavy atom.